The molecule has 1 fully saturated rings. The highest BCUT2D eigenvalue weighted by atomic mass is 35.5. The molecule has 1 N–H and O–H groups in total. The quantitative estimate of drug-likeness (QED) is 0.112. The number of aliphatic hydroxyl groups is 1. The van der Waals surface area contributed by atoms with Gasteiger partial charge in [-0.2, -0.15) is 0 Å². The molecule has 3 heterocycles. The van der Waals surface area contributed by atoms with Crippen LogP contribution in [0.15, 0.2) is 66.5 Å². The van der Waals surface area contributed by atoms with Crippen LogP contribution in [0.2, 0.25) is 5.02 Å². The van der Waals surface area contributed by atoms with Gasteiger partial charge in [-0.05, 0) is 66.9 Å². The van der Waals surface area contributed by atoms with E-state index >= 15 is 0 Å². The van der Waals surface area contributed by atoms with E-state index in [1.54, 1.807) is 54.9 Å². The average Bonchev–Trinajstić information content (AvgIpc) is 3.44. The van der Waals surface area contributed by atoms with Gasteiger partial charge in [-0.3, -0.25) is 19.5 Å². The lowest BCUT2D eigenvalue weighted by Crippen LogP contribution is -2.29. The third-order valence-corrected chi connectivity index (χ3v) is 7.88. The number of fused-ring (bicyclic) bond motifs is 1. The fraction of sp³-hybridized carbons (Fsp3) is 0.241. The number of unbranched alkanes of at least 4 members (excludes halogenated alkanes) is 2. The van der Waals surface area contributed by atoms with Crippen LogP contribution < -0.4 is 9.64 Å². The SMILES string of the molecule is CCCCCOc1ccc(/C(O)=C2\C(=O)C(=O)N(c3nc4cc(Cl)c(C)cc4s3)C2c2cccnc2)cc1. The van der Waals surface area contributed by atoms with E-state index in [9.17, 15) is 14.7 Å². The Morgan fingerprint density at radius 3 is 2.66 bits per heavy atom. The summed E-state index contributed by atoms with van der Waals surface area (Å²) in [6.07, 6.45) is 6.35. The third kappa shape index (κ3) is 4.89. The van der Waals surface area contributed by atoms with Gasteiger partial charge in [-0.1, -0.05) is 48.8 Å². The van der Waals surface area contributed by atoms with E-state index in [2.05, 4.69) is 16.9 Å². The van der Waals surface area contributed by atoms with E-state index in [4.69, 9.17) is 16.3 Å². The molecule has 0 bridgehead atoms. The number of aliphatic hydroxyl groups excluding tert-OH is 1. The molecule has 38 heavy (non-hydrogen) atoms. The summed E-state index contributed by atoms with van der Waals surface area (Å²) in [7, 11) is 0. The molecule has 0 saturated carbocycles. The van der Waals surface area contributed by atoms with Crippen molar-refractivity contribution in [3.63, 3.8) is 0 Å². The number of pyridine rings is 1. The Kier molecular flexibility index (Phi) is 7.44. The lowest BCUT2D eigenvalue weighted by Gasteiger charge is -2.22. The minimum absolute atomic E-state index is 0.0203. The zero-order chi connectivity index (χ0) is 26.8. The first-order valence-electron chi connectivity index (χ1n) is 12.4. The number of amides is 1. The minimum atomic E-state index is -0.897. The number of nitrogens with zero attached hydrogens (tertiary/aromatic N) is 3. The number of hydrogen-bond acceptors (Lipinski definition) is 7. The van der Waals surface area contributed by atoms with Crippen LogP contribution in [0.5, 0.6) is 5.75 Å². The number of Topliss-reactive ketones (excluding diaryl/α,β-unsaturated/α-hetero) is 1. The predicted octanol–water partition coefficient (Wildman–Crippen LogP) is 6.85. The van der Waals surface area contributed by atoms with Gasteiger partial charge in [0, 0.05) is 23.0 Å². The number of aromatic nitrogens is 2. The van der Waals surface area contributed by atoms with Gasteiger partial charge in [0.05, 0.1) is 28.4 Å². The maximum Gasteiger partial charge on any atom is 0.301 e. The van der Waals surface area contributed by atoms with E-state index < -0.39 is 17.7 Å². The van der Waals surface area contributed by atoms with Gasteiger partial charge in [0.25, 0.3) is 5.78 Å². The van der Waals surface area contributed by atoms with Crippen molar-refractivity contribution in [2.45, 2.75) is 39.2 Å². The van der Waals surface area contributed by atoms with Crippen molar-refractivity contribution in [1.82, 2.24) is 9.97 Å². The highest BCUT2D eigenvalue weighted by Gasteiger charge is 2.48. The molecule has 0 spiro atoms. The summed E-state index contributed by atoms with van der Waals surface area (Å²) >= 11 is 7.58. The fourth-order valence-corrected chi connectivity index (χ4v) is 5.66. The van der Waals surface area contributed by atoms with E-state index in [1.807, 2.05) is 13.0 Å². The Morgan fingerprint density at radius 1 is 1.16 bits per heavy atom. The highest BCUT2D eigenvalue weighted by molar-refractivity contribution is 7.22. The second-order valence-electron chi connectivity index (χ2n) is 9.10. The zero-order valence-corrected chi connectivity index (χ0v) is 22.6. The number of carbonyl (C=O) groups is 2. The van der Waals surface area contributed by atoms with Gasteiger partial charge in [-0.15, -0.1) is 0 Å². The molecule has 1 aliphatic heterocycles. The molecule has 2 aromatic carbocycles. The molecule has 7 nitrogen and oxygen atoms in total. The average molecular weight is 548 g/mol. The second kappa shape index (κ2) is 10.9. The molecular weight excluding hydrogens is 522 g/mol. The van der Waals surface area contributed by atoms with Crippen molar-refractivity contribution in [1.29, 1.82) is 0 Å². The molecule has 1 aliphatic rings. The Bertz CT molecular complexity index is 1490. The van der Waals surface area contributed by atoms with Gasteiger partial charge in [0.15, 0.2) is 5.13 Å². The van der Waals surface area contributed by atoms with Crippen molar-refractivity contribution in [3.8, 4) is 5.75 Å². The molecule has 0 radical (unpaired) electrons. The number of halogens is 1. The molecule has 4 aromatic rings. The van der Waals surface area contributed by atoms with Crippen LogP contribution in [-0.2, 0) is 9.59 Å². The molecule has 2 aromatic heterocycles. The number of anilines is 1. The molecular formula is C29H26ClN3O4S. The summed E-state index contributed by atoms with van der Waals surface area (Å²) in [5, 5.41) is 12.2. The lowest BCUT2D eigenvalue weighted by molar-refractivity contribution is -0.132. The van der Waals surface area contributed by atoms with Gasteiger partial charge in [-0.25, -0.2) is 4.98 Å². The van der Waals surface area contributed by atoms with Crippen molar-refractivity contribution in [2.75, 3.05) is 11.5 Å². The van der Waals surface area contributed by atoms with Crippen LogP contribution in [0, 0.1) is 6.92 Å². The fourth-order valence-electron chi connectivity index (χ4n) is 4.43. The normalized spacial score (nSPS) is 16.9. The molecule has 194 valence electrons. The molecule has 1 amide bonds. The number of hydrogen-bond donors (Lipinski definition) is 1. The number of ether oxygens (including phenoxy) is 1. The maximum absolute atomic E-state index is 13.4. The minimum Gasteiger partial charge on any atom is -0.507 e. The van der Waals surface area contributed by atoms with Gasteiger partial charge in [0.2, 0.25) is 0 Å². The zero-order valence-electron chi connectivity index (χ0n) is 21.0. The van der Waals surface area contributed by atoms with Crippen LogP contribution in [0.1, 0.15) is 48.9 Å². The summed E-state index contributed by atoms with van der Waals surface area (Å²) in [6.45, 7) is 4.64. The second-order valence-corrected chi connectivity index (χ2v) is 10.5. The standard InChI is InChI=1S/C29H26ClN3O4S/c1-3-4-5-13-37-20-10-8-18(9-11-20)26(34)24-25(19-7-6-12-31-16-19)33(28(36)27(24)35)29-32-22-15-21(30)17(2)14-23(22)38-29/h6-12,14-16,25,34H,3-5,13H2,1-2H3/b26-24+. The summed E-state index contributed by atoms with van der Waals surface area (Å²) in [5.41, 5.74) is 2.48. The number of rotatable bonds is 8. The van der Waals surface area contributed by atoms with Crippen molar-refractivity contribution in [2.24, 2.45) is 0 Å². The Balaban J connectivity index is 1.56. The smallest absolute Gasteiger partial charge is 0.301 e. The van der Waals surface area contributed by atoms with Crippen LogP contribution in [-0.4, -0.2) is 33.4 Å². The van der Waals surface area contributed by atoms with Gasteiger partial charge >= 0.3 is 5.91 Å². The monoisotopic (exact) mass is 547 g/mol. The van der Waals surface area contributed by atoms with E-state index in [0.717, 1.165) is 29.5 Å². The molecule has 1 atom stereocenters. The van der Waals surface area contributed by atoms with E-state index in [-0.39, 0.29) is 11.3 Å². The van der Waals surface area contributed by atoms with E-state index in [1.165, 1.54) is 16.2 Å². The lowest BCUT2D eigenvalue weighted by atomic mass is 9.96. The first kappa shape index (κ1) is 25.9. The third-order valence-electron chi connectivity index (χ3n) is 6.45. The Labute approximate surface area is 229 Å². The molecule has 5 rings (SSSR count). The molecule has 0 aliphatic carbocycles. The van der Waals surface area contributed by atoms with Crippen molar-refractivity contribution < 1.29 is 19.4 Å². The number of thiazole rings is 1. The van der Waals surface area contributed by atoms with Crippen LogP contribution in [0.25, 0.3) is 16.0 Å². The van der Waals surface area contributed by atoms with Crippen LogP contribution in [0.4, 0.5) is 5.13 Å². The Morgan fingerprint density at radius 2 is 1.95 bits per heavy atom. The van der Waals surface area contributed by atoms with Crippen molar-refractivity contribution >= 4 is 55.7 Å². The van der Waals surface area contributed by atoms with Crippen LogP contribution >= 0.6 is 22.9 Å². The van der Waals surface area contributed by atoms with Crippen LogP contribution in [0.3, 0.4) is 0 Å². The number of benzene rings is 2. The molecule has 9 heteroatoms. The molecule has 1 unspecified atom stereocenters. The number of ketones is 1. The predicted molar refractivity (Wildman–Crippen MR) is 150 cm³/mol. The maximum atomic E-state index is 13.4. The van der Waals surface area contributed by atoms with Gasteiger partial charge in [0.1, 0.15) is 11.5 Å². The highest BCUT2D eigenvalue weighted by Crippen LogP contribution is 2.44. The summed E-state index contributed by atoms with van der Waals surface area (Å²) in [4.78, 5) is 36.9. The summed E-state index contributed by atoms with van der Waals surface area (Å²) < 4.78 is 6.60. The topological polar surface area (TPSA) is 92.6 Å². The number of carbonyl (C=O) groups excluding carboxylic acids is 2. The molecule has 1 saturated heterocycles. The first-order valence-corrected chi connectivity index (χ1v) is 13.6. The van der Waals surface area contributed by atoms with E-state index in [0.29, 0.717) is 39.2 Å². The largest absolute Gasteiger partial charge is 0.507 e. The number of aryl methyl sites for hydroxylation is 1. The Hall–Kier alpha value is -3.75. The first-order chi connectivity index (χ1) is 18.4. The van der Waals surface area contributed by atoms with Crippen molar-refractivity contribution in [3.05, 3.63) is 88.2 Å². The van der Waals surface area contributed by atoms with Gasteiger partial charge < -0.3 is 9.84 Å². The summed E-state index contributed by atoms with van der Waals surface area (Å²) in [6, 6.07) is 13.1. The summed E-state index contributed by atoms with van der Waals surface area (Å²) in [5.74, 6) is -1.15.